The van der Waals surface area contributed by atoms with Crippen molar-refractivity contribution in [2.24, 2.45) is 0 Å². The van der Waals surface area contributed by atoms with E-state index >= 15 is 0 Å². The van der Waals surface area contributed by atoms with E-state index in [1.54, 1.807) is 0 Å². The van der Waals surface area contributed by atoms with Crippen molar-refractivity contribution in [3.8, 4) is 0 Å². The second-order valence-corrected chi connectivity index (χ2v) is 7.17. The predicted molar refractivity (Wildman–Crippen MR) is 96.5 cm³/mol. The lowest BCUT2D eigenvalue weighted by Gasteiger charge is -2.25. The van der Waals surface area contributed by atoms with Gasteiger partial charge in [0.1, 0.15) is 0 Å². The number of aryl methyl sites for hydroxylation is 1. The zero-order valence-corrected chi connectivity index (χ0v) is 14.7. The number of fused-ring (bicyclic) bond motifs is 1. The normalized spacial score (nSPS) is 19.9. The maximum absolute atomic E-state index is 12.9. The quantitative estimate of drug-likeness (QED) is 0.761. The molecule has 3 nitrogen and oxygen atoms in total. The van der Waals surface area contributed by atoms with Crippen LogP contribution in [0.4, 0.5) is 4.79 Å². The molecule has 1 heterocycles. The minimum Gasteiger partial charge on any atom is -0.318 e. The van der Waals surface area contributed by atoms with Crippen LogP contribution in [0.15, 0.2) is 42.5 Å². The average Bonchev–Trinajstić information content (AvgIpc) is 3.15. The van der Waals surface area contributed by atoms with E-state index in [0.717, 1.165) is 24.9 Å². The molecule has 24 heavy (non-hydrogen) atoms. The summed E-state index contributed by atoms with van der Waals surface area (Å²) in [5.74, 6) is 0. The van der Waals surface area contributed by atoms with E-state index in [9.17, 15) is 4.79 Å². The zero-order chi connectivity index (χ0) is 16.7. The third kappa shape index (κ3) is 2.66. The average molecular weight is 361 g/mol. The Morgan fingerprint density at radius 2 is 1.75 bits per heavy atom. The molecule has 4 rings (SSSR count). The van der Waals surface area contributed by atoms with Crippen LogP contribution in [0.3, 0.4) is 0 Å². The summed E-state index contributed by atoms with van der Waals surface area (Å²) in [6, 6.07) is 14.2. The molecule has 5 heteroatoms. The number of urea groups is 1. The van der Waals surface area contributed by atoms with Gasteiger partial charge in [-0.3, -0.25) is 0 Å². The Kier molecular flexibility index (Phi) is 4.15. The molecular weight excluding hydrogens is 343 g/mol. The highest BCUT2D eigenvalue weighted by Crippen LogP contribution is 2.38. The van der Waals surface area contributed by atoms with Crippen molar-refractivity contribution in [1.29, 1.82) is 0 Å². The summed E-state index contributed by atoms with van der Waals surface area (Å²) < 4.78 is 0. The molecule has 2 aromatic carbocycles. The first kappa shape index (κ1) is 15.8. The van der Waals surface area contributed by atoms with E-state index in [-0.39, 0.29) is 12.1 Å². The van der Waals surface area contributed by atoms with Gasteiger partial charge in [-0.2, -0.15) is 0 Å². The first-order valence-electron chi connectivity index (χ1n) is 8.21. The Balaban J connectivity index is 1.53. The number of carbonyl (C=O) groups is 1. The first-order chi connectivity index (χ1) is 11.6. The monoisotopic (exact) mass is 360 g/mol. The van der Waals surface area contributed by atoms with E-state index in [4.69, 9.17) is 23.2 Å². The number of carbonyl (C=O) groups excluding carboxylic acids is 1. The van der Waals surface area contributed by atoms with E-state index < -0.39 is 0 Å². The van der Waals surface area contributed by atoms with Crippen LogP contribution in [0.2, 0.25) is 10.0 Å². The molecule has 1 atom stereocenters. The van der Waals surface area contributed by atoms with Crippen LogP contribution in [0.25, 0.3) is 0 Å². The van der Waals surface area contributed by atoms with Crippen molar-refractivity contribution >= 4 is 29.2 Å². The predicted octanol–water partition coefficient (Wildman–Crippen LogP) is 4.92. The van der Waals surface area contributed by atoms with Crippen LogP contribution in [0, 0.1) is 0 Å². The van der Waals surface area contributed by atoms with Gasteiger partial charge >= 0.3 is 6.03 Å². The highest BCUT2D eigenvalue weighted by atomic mass is 35.5. The van der Waals surface area contributed by atoms with Crippen molar-refractivity contribution in [3.63, 3.8) is 0 Å². The number of halogens is 2. The van der Waals surface area contributed by atoms with Gasteiger partial charge in [-0.25, -0.2) is 4.79 Å². The van der Waals surface area contributed by atoms with Gasteiger partial charge < -0.3 is 9.80 Å². The van der Waals surface area contributed by atoms with E-state index in [1.165, 1.54) is 11.1 Å². The Labute approximate surface area is 151 Å². The second-order valence-electron chi connectivity index (χ2n) is 6.35. The third-order valence-electron chi connectivity index (χ3n) is 5.02. The van der Waals surface area contributed by atoms with Gasteiger partial charge in [0.15, 0.2) is 0 Å². The van der Waals surface area contributed by atoms with Crippen LogP contribution < -0.4 is 0 Å². The molecule has 124 valence electrons. The van der Waals surface area contributed by atoms with Gasteiger partial charge in [-0.05, 0) is 36.1 Å². The Morgan fingerprint density at radius 3 is 2.54 bits per heavy atom. The van der Waals surface area contributed by atoms with Gasteiger partial charge in [0.05, 0.1) is 12.6 Å². The molecular formula is C19H18Cl2N2O. The highest BCUT2D eigenvalue weighted by Gasteiger charge is 2.37. The molecule has 1 unspecified atom stereocenters. The fraction of sp³-hybridized carbons (Fsp3) is 0.316. The van der Waals surface area contributed by atoms with Gasteiger partial charge in [-0.15, -0.1) is 0 Å². The smallest absolute Gasteiger partial charge is 0.318 e. The molecule has 1 aliphatic heterocycles. The number of hydrogen-bond donors (Lipinski definition) is 0. The fourth-order valence-corrected chi connectivity index (χ4v) is 4.29. The number of benzene rings is 2. The minimum absolute atomic E-state index is 0.0766. The van der Waals surface area contributed by atoms with Crippen molar-refractivity contribution in [2.75, 3.05) is 13.1 Å². The standard InChI is InChI=1S/C19H18Cl2N2O/c20-16-6-3-7-17(21)15(16)12-22-10-11-23(19(22)24)18-9-8-13-4-1-2-5-14(13)18/h1-7,18H,8-12H2. The van der Waals surface area contributed by atoms with Crippen LogP contribution in [-0.4, -0.2) is 28.9 Å². The Hall–Kier alpha value is -1.71. The van der Waals surface area contributed by atoms with Crippen molar-refractivity contribution in [1.82, 2.24) is 9.80 Å². The third-order valence-corrected chi connectivity index (χ3v) is 5.72. The maximum atomic E-state index is 12.9. The summed E-state index contributed by atoms with van der Waals surface area (Å²) in [5, 5.41) is 1.22. The molecule has 0 saturated carbocycles. The van der Waals surface area contributed by atoms with E-state index in [1.807, 2.05) is 28.0 Å². The Bertz CT molecular complexity index is 772. The maximum Gasteiger partial charge on any atom is 0.320 e. The lowest BCUT2D eigenvalue weighted by molar-refractivity contribution is 0.175. The van der Waals surface area contributed by atoms with Gasteiger partial charge in [0.25, 0.3) is 0 Å². The highest BCUT2D eigenvalue weighted by molar-refractivity contribution is 6.36. The molecule has 1 saturated heterocycles. The van der Waals surface area contributed by atoms with Crippen LogP contribution in [0.1, 0.15) is 29.2 Å². The van der Waals surface area contributed by atoms with Gasteiger partial charge in [-0.1, -0.05) is 53.5 Å². The fourth-order valence-electron chi connectivity index (χ4n) is 3.77. The molecule has 0 spiro atoms. The molecule has 0 N–H and O–H groups in total. The van der Waals surface area contributed by atoms with Crippen molar-refractivity contribution < 1.29 is 4.79 Å². The van der Waals surface area contributed by atoms with Gasteiger partial charge in [0.2, 0.25) is 0 Å². The molecule has 0 bridgehead atoms. The van der Waals surface area contributed by atoms with E-state index in [2.05, 4.69) is 24.3 Å². The number of amides is 2. The second kappa shape index (κ2) is 6.30. The largest absolute Gasteiger partial charge is 0.320 e. The van der Waals surface area contributed by atoms with Gasteiger partial charge in [0, 0.05) is 28.7 Å². The molecule has 1 aliphatic carbocycles. The summed E-state index contributed by atoms with van der Waals surface area (Å²) in [6.07, 6.45) is 2.05. The lowest BCUT2D eigenvalue weighted by atomic mass is 10.1. The Morgan fingerprint density at radius 1 is 1.00 bits per heavy atom. The molecule has 2 amide bonds. The molecule has 0 aromatic heterocycles. The number of hydrogen-bond acceptors (Lipinski definition) is 1. The molecule has 2 aliphatic rings. The van der Waals surface area contributed by atoms with Crippen LogP contribution >= 0.6 is 23.2 Å². The van der Waals surface area contributed by atoms with E-state index in [0.29, 0.717) is 23.1 Å². The van der Waals surface area contributed by atoms with Crippen LogP contribution in [-0.2, 0) is 13.0 Å². The lowest BCUT2D eigenvalue weighted by Crippen LogP contribution is -2.33. The molecule has 2 aromatic rings. The topological polar surface area (TPSA) is 23.6 Å². The summed E-state index contributed by atoms with van der Waals surface area (Å²) in [4.78, 5) is 16.7. The van der Waals surface area contributed by atoms with Crippen molar-refractivity contribution in [3.05, 3.63) is 69.2 Å². The molecule has 1 fully saturated rings. The summed E-state index contributed by atoms with van der Waals surface area (Å²) in [7, 11) is 0. The van der Waals surface area contributed by atoms with Crippen LogP contribution in [0.5, 0.6) is 0 Å². The SMILES string of the molecule is O=C1N(Cc2c(Cl)cccc2Cl)CCN1C1CCc2ccccc21. The van der Waals surface area contributed by atoms with Crippen molar-refractivity contribution in [2.45, 2.75) is 25.4 Å². The molecule has 0 radical (unpaired) electrons. The summed E-state index contributed by atoms with van der Waals surface area (Å²) >= 11 is 12.5. The summed E-state index contributed by atoms with van der Waals surface area (Å²) in [6.45, 7) is 1.92. The number of rotatable bonds is 3. The minimum atomic E-state index is 0.0766. The number of nitrogens with zero attached hydrogens (tertiary/aromatic N) is 2. The summed E-state index contributed by atoms with van der Waals surface area (Å²) in [5.41, 5.74) is 3.48. The zero-order valence-electron chi connectivity index (χ0n) is 13.2. The first-order valence-corrected chi connectivity index (χ1v) is 8.97.